The van der Waals surface area contributed by atoms with E-state index in [9.17, 15) is 4.79 Å². The van der Waals surface area contributed by atoms with Gasteiger partial charge in [-0.25, -0.2) is 0 Å². The molecular formula is C12H24N2O2. The summed E-state index contributed by atoms with van der Waals surface area (Å²) < 4.78 is 0. The van der Waals surface area contributed by atoms with Gasteiger partial charge in [0, 0.05) is 19.7 Å². The van der Waals surface area contributed by atoms with Crippen LogP contribution in [0.25, 0.3) is 0 Å². The lowest BCUT2D eigenvalue weighted by Gasteiger charge is -2.36. The largest absolute Gasteiger partial charge is 0.396 e. The minimum Gasteiger partial charge on any atom is -0.396 e. The molecule has 1 heterocycles. The first kappa shape index (κ1) is 13.5. The van der Waals surface area contributed by atoms with Crippen molar-refractivity contribution in [3.05, 3.63) is 0 Å². The number of rotatable bonds is 6. The maximum absolute atomic E-state index is 12.2. The number of amides is 1. The van der Waals surface area contributed by atoms with Gasteiger partial charge in [-0.15, -0.1) is 0 Å². The topological polar surface area (TPSA) is 61.4 Å². The maximum atomic E-state index is 12.2. The number of piperidine rings is 1. The Morgan fingerprint density at radius 3 is 2.94 bits per heavy atom. The molecule has 16 heavy (non-hydrogen) atoms. The van der Waals surface area contributed by atoms with Crippen molar-refractivity contribution in [3.63, 3.8) is 0 Å². The van der Waals surface area contributed by atoms with Gasteiger partial charge in [0.1, 0.15) is 0 Å². The van der Waals surface area contributed by atoms with E-state index in [1.54, 1.807) is 0 Å². The third-order valence-electron chi connectivity index (χ3n) is 3.30. The van der Waals surface area contributed by atoms with Gasteiger partial charge < -0.3 is 15.7 Å². The number of nitrogens with one attached hydrogen (secondary N) is 2. The van der Waals surface area contributed by atoms with Crippen LogP contribution < -0.4 is 10.6 Å². The van der Waals surface area contributed by atoms with Crippen LogP contribution in [-0.2, 0) is 4.79 Å². The highest BCUT2D eigenvalue weighted by Crippen LogP contribution is 2.31. The van der Waals surface area contributed by atoms with Crippen LogP contribution in [0.1, 0.15) is 39.0 Å². The Kier molecular flexibility index (Phi) is 5.77. The van der Waals surface area contributed by atoms with Crippen molar-refractivity contribution in [1.29, 1.82) is 0 Å². The zero-order valence-corrected chi connectivity index (χ0v) is 10.2. The second-order valence-electron chi connectivity index (χ2n) is 4.64. The Morgan fingerprint density at radius 1 is 1.56 bits per heavy atom. The fourth-order valence-corrected chi connectivity index (χ4v) is 2.44. The van der Waals surface area contributed by atoms with E-state index in [0.29, 0.717) is 13.0 Å². The molecule has 0 aliphatic carbocycles. The van der Waals surface area contributed by atoms with Gasteiger partial charge in [0.15, 0.2) is 0 Å². The molecule has 1 atom stereocenters. The lowest BCUT2D eigenvalue weighted by atomic mass is 9.76. The van der Waals surface area contributed by atoms with Crippen LogP contribution in [0, 0.1) is 5.41 Å². The van der Waals surface area contributed by atoms with E-state index in [1.165, 1.54) is 0 Å². The molecule has 1 rings (SSSR count). The number of aliphatic hydroxyl groups excluding tert-OH is 1. The lowest BCUT2D eigenvalue weighted by Crippen LogP contribution is -2.50. The van der Waals surface area contributed by atoms with E-state index in [-0.39, 0.29) is 17.9 Å². The zero-order valence-electron chi connectivity index (χ0n) is 10.2. The van der Waals surface area contributed by atoms with Gasteiger partial charge in [-0.1, -0.05) is 13.3 Å². The molecule has 3 N–H and O–H groups in total. The first-order chi connectivity index (χ1) is 7.75. The van der Waals surface area contributed by atoms with Crippen LogP contribution in [0.15, 0.2) is 0 Å². The minimum absolute atomic E-state index is 0.138. The van der Waals surface area contributed by atoms with Crippen molar-refractivity contribution in [2.45, 2.75) is 39.0 Å². The Hall–Kier alpha value is -0.610. The molecule has 94 valence electrons. The quantitative estimate of drug-likeness (QED) is 0.585. The fraction of sp³-hybridized carbons (Fsp3) is 0.917. The van der Waals surface area contributed by atoms with Gasteiger partial charge in [-0.2, -0.15) is 0 Å². The van der Waals surface area contributed by atoms with Crippen molar-refractivity contribution in [3.8, 4) is 0 Å². The van der Waals surface area contributed by atoms with Crippen molar-refractivity contribution in [2.75, 3.05) is 26.2 Å². The van der Waals surface area contributed by atoms with Crippen LogP contribution in [0.3, 0.4) is 0 Å². The predicted molar refractivity (Wildman–Crippen MR) is 64.2 cm³/mol. The van der Waals surface area contributed by atoms with Crippen LogP contribution in [0.4, 0.5) is 0 Å². The summed E-state index contributed by atoms with van der Waals surface area (Å²) in [6, 6.07) is 0. The van der Waals surface area contributed by atoms with E-state index in [4.69, 9.17) is 5.11 Å². The second kappa shape index (κ2) is 6.86. The first-order valence-corrected chi connectivity index (χ1v) is 6.35. The highest BCUT2D eigenvalue weighted by molar-refractivity contribution is 5.83. The third-order valence-corrected chi connectivity index (χ3v) is 3.30. The number of aliphatic hydroxyl groups is 1. The molecule has 0 saturated carbocycles. The summed E-state index contributed by atoms with van der Waals surface area (Å²) in [7, 11) is 0. The molecule has 0 spiro atoms. The molecule has 0 bridgehead atoms. The van der Waals surface area contributed by atoms with Gasteiger partial charge in [-0.05, 0) is 32.2 Å². The van der Waals surface area contributed by atoms with Crippen LogP contribution in [0.2, 0.25) is 0 Å². The van der Waals surface area contributed by atoms with Crippen LogP contribution in [-0.4, -0.2) is 37.3 Å². The van der Waals surface area contributed by atoms with Gasteiger partial charge in [-0.3, -0.25) is 4.79 Å². The standard InChI is InChI=1S/C12H24N2O2/c1-2-5-12(6-3-7-13-10-12)11(16)14-8-4-9-15/h13,15H,2-10H2,1H3,(H,14,16). The minimum atomic E-state index is -0.206. The van der Waals surface area contributed by atoms with E-state index < -0.39 is 0 Å². The Morgan fingerprint density at radius 2 is 2.38 bits per heavy atom. The molecular weight excluding hydrogens is 204 g/mol. The molecule has 1 amide bonds. The smallest absolute Gasteiger partial charge is 0.227 e. The van der Waals surface area contributed by atoms with Gasteiger partial charge in [0.05, 0.1) is 5.41 Å². The Bertz CT molecular complexity index is 208. The fourth-order valence-electron chi connectivity index (χ4n) is 2.44. The number of carbonyl (C=O) groups is 1. The van der Waals surface area contributed by atoms with E-state index >= 15 is 0 Å². The van der Waals surface area contributed by atoms with Gasteiger partial charge >= 0.3 is 0 Å². The van der Waals surface area contributed by atoms with Gasteiger partial charge in [0.25, 0.3) is 0 Å². The molecule has 4 nitrogen and oxygen atoms in total. The van der Waals surface area contributed by atoms with Crippen molar-refractivity contribution < 1.29 is 9.90 Å². The molecule has 0 aromatic carbocycles. The predicted octanol–water partition coefficient (Wildman–Crippen LogP) is 0.655. The Labute approximate surface area is 97.8 Å². The van der Waals surface area contributed by atoms with Crippen molar-refractivity contribution in [2.24, 2.45) is 5.41 Å². The van der Waals surface area contributed by atoms with Gasteiger partial charge in [0.2, 0.25) is 5.91 Å². The lowest BCUT2D eigenvalue weighted by molar-refractivity contribution is -0.132. The Balaban J connectivity index is 2.50. The SMILES string of the molecule is CCCC1(C(=O)NCCCO)CCCNC1. The number of carbonyl (C=O) groups excluding carboxylic acids is 1. The summed E-state index contributed by atoms with van der Waals surface area (Å²) in [5, 5.41) is 15.0. The normalized spacial score (nSPS) is 25.4. The van der Waals surface area contributed by atoms with Crippen molar-refractivity contribution >= 4 is 5.91 Å². The van der Waals surface area contributed by atoms with Crippen molar-refractivity contribution in [1.82, 2.24) is 10.6 Å². The van der Waals surface area contributed by atoms with Crippen LogP contribution >= 0.6 is 0 Å². The third kappa shape index (κ3) is 3.46. The molecule has 1 fully saturated rings. The molecule has 4 heteroatoms. The molecule has 0 aromatic rings. The average molecular weight is 228 g/mol. The molecule has 1 aliphatic rings. The van der Waals surface area contributed by atoms with Crippen LogP contribution in [0.5, 0.6) is 0 Å². The highest BCUT2D eigenvalue weighted by Gasteiger charge is 2.38. The summed E-state index contributed by atoms with van der Waals surface area (Å²) in [6.45, 7) is 4.67. The van der Waals surface area contributed by atoms with E-state index in [0.717, 1.165) is 38.8 Å². The number of hydrogen-bond acceptors (Lipinski definition) is 3. The molecule has 1 aliphatic heterocycles. The summed E-state index contributed by atoms with van der Waals surface area (Å²) in [5.74, 6) is 0.162. The monoisotopic (exact) mass is 228 g/mol. The molecule has 0 radical (unpaired) electrons. The number of hydrogen-bond donors (Lipinski definition) is 3. The average Bonchev–Trinajstić information content (AvgIpc) is 2.31. The van der Waals surface area contributed by atoms with E-state index in [2.05, 4.69) is 17.6 Å². The zero-order chi connectivity index (χ0) is 11.9. The summed E-state index contributed by atoms with van der Waals surface area (Å²) >= 11 is 0. The summed E-state index contributed by atoms with van der Waals surface area (Å²) in [6.07, 6.45) is 4.69. The molecule has 1 saturated heterocycles. The maximum Gasteiger partial charge on any atom is 0.227 e. The molecule has 1 unspecified atom stereocenters. The first-order valence-electron chi connectivity index (χ1n) is 6.35. The molecule has 0 aromatic heterocycles. The summed E-state index contributed by atoms with van der Waals surface area (Å²) in [4.78, 5) is 12.2. The summed E-state index contributed by atoms with van der Waals surface area (Å²) in [5.41, 5.74) is -0.206. The second-order valence-corrected chi connectivity index (χ2v) is 4.64. The van der Waals surface area contributed by atoms with E-state index in [1.807, 2.05) is 0 Å². The highest BCUT2D eigenvalue weighted by atomic mass is 16.3.